The minimum absolute atomic E-state index is 0.0862. The van der Waals surface area contributed by atoms with Crippen molar-refractivity contribution in [2.24, 2.45) is 0 Å². The molecule has 1 fully saturated rings. The summed E-state index contributed by atoms with van der Waals surface area (Å²) in [7, 11) is 0. The Labute approximate surface area is 170 Å². The number of rotatable bonds is 6. The molecule has 1 saturated heterocycles. The number of hydrogen-bond acceptors (Lipinski definition) is 5. The van der Waals surface area contributed by atoms with E-state index in [1.54, 1.807) is 0 Å². The molecule has 8 heteroatoms. The summed E-state index contributed by atoms with van der Waals surface area (Å²) in [6.07, 6.45) is 2.29. The van der Waals surface area contributed by atoms with Crippen LogP contribution in [0.4, 0.5) is 0 Å². The molecule has 1 aromatic rings. The molecule has 2 aliphatic rings. The van der Waals surface area contributed by atoms with Gasteiger partial charge in [0.25, 0.3) is 0 Å². The molecule has 0 aromatic heterocycles. The molecule has 0 radical (unpaired) electrons. The van der Waals surface area contributed by atoms with Crippen molar-refractivity contribution in [3.8, 4) is 6.07 Å². The lowest BCUT2D eigenvalue weighted by atomic mass is 9.87. The summed E-state index contributed by atoms with van der Waals surface area (Å²) in [5.41, 5.74) is 1.39. The minimum atomic E-state index is -0.307. The summed E-state index contributed by atoms with van der Waals surface area (Å²) in [6.45, 7) is 1.24. The quantitative estimate of drug-likeness (QED) is 0.696. The van der Waals surface area contributed by atoms with Crippen LogP contribution >= 0.6 is 27.7 Å². The number of allylic oxidation sites excluding steroid dienone is 1. The van der Waals surface area contributed by atoms with Gasteiger partial charge in [-0.2, -0.15) is 5.26 Å². The normalized spacial score (nSPS) is 22.3. The highest BCUT2D eigenvalue weighted by Crippen LogP contribution is 2.36. The number of thioether (sulfide) groups is 1. The molecule has 0 saturated carbocycles. The molecule has 142 valence electrons. The first kappa shape index (κ1) is 19.9. The number of halogens is 1. The number of carbonyl (C=O) groups is 2. The number of hydrogen-bond donors (Lipinski definition) is 2. The third kappa shape index (κ3) is 5.34. The van der Waals surface area contributed by atoms with E-state index in [2.05, 4.69) is 32.6 Å². The Hall–Kier alpha value is -1.82. The lowest BCUT2D eigenvalue weighted by molar-refractivity contribution is -0.121. The van der Waals surface area contributed by atoms with Crippen LogP contribution in [0.5, 0.6) is 0 Å². The first-order valence-corrected chi connectivity index (χ1v) is 10.6. The maximum absolute atomic E-state index is 12.2. The van der Waals surface area contributed by atoms with Gasteiger partial charge in [-0.05, 0) is 30.5 Å². The molecule has 6 nitrogen and oxygen atoms in total. The van der Waals surface area contributed by atoms with Gasteiger partial charge in [-0.1, -0.05) is 39.8 Å². The van der Waals surface area contributed by atoms with Crippen molar-refractivity contribution in [2.45, 2.75) is 31.3 Å². The molecule has 1 aromatic carbocycles. The molecule has 0 aliphatic carbocycles. The van der Waals surface area contributed by atoms with E-state index in [1.807, 2.05) is 24.3 Å². The molecule has 2 aliphatic heterocycles. The molecule has 0 unspecified atom stereocenters. The van der Waals surface area contributed by atoms with E-state index in [9.17, 15) is 14.9 Å². The van der Waals surface area contributed by atoms with E-state index in [0.717, 1.165) is 29.5 Å². The van der Waals surface area contributed by atoms with Crippen molar-refractivity contribution in [3.63, 3.8) is 0 Å². The monoisotopic (exact) mass is 449 g/mol. The second kappa shape index (κ2) is 9.40. The highest BCUT2D eigenvalue weighted by molar-refractivity contribution is 9.10. The predicted octanol–water partition coefficient (Wildman–Crippen LogP) is 2.82. The van der Waals surface area contributed by atoms with Gasteiger partial charge in [-0.25, -0.2) is 0 Å². The van der Waals surface area contributed by atoms with Gasteiger partial charge < -0.3 is 15.4 Å². The van der Waals surface area contributed by atoms with Gasteiger partial charge in [0.1, 0.15) is 0 Å². The zero-order valence-electron chi connectivity index (χ0n) is 14.7. The number of nitrogens with one attached hydrogen (secondary N) is 2. The number of carbonyl (C=O) groups excluding carboxylic acids is 2. The van der Waals surface area contributed by atoms with E-state index in [1.165, 1.54) is 11.8 Å². The van der Waals surface area contributed by atoms with Crippen molar-refractivity contribution >= 4 is 39.5 Å². The summed E-state index contributed by atoms with van der Waals surface area (Å²) in [6, 6.07) is 9.82. The van der Waals surface area contributed by atoms with Crippen LogP contribution < -0.4 is 10.6 Å². The molecule has 2 amide bonds. The van der Waals surface area contributed by atoms with Crippen LogP contribution in [-0.4, -0.2) is 36.8 Å². The van der Waals surface area contributed by atoms with Crippen molar-refractivity contribution in [2.75, 3.05) is 18.9 Å². The number of benzene rings is 1. The van der Waals surface area contributed by atoms with Gasteiger partial charge in [0, 0.05) is 30.0 Å². The third-order valence-corrected chi connectivity index (χ3v) is 6.02. The highest BCUT2D eigenvalue weighted by atomic mass is 79.9. The van der Waals surface area contributed by atoms with Crippen molar-refractivity contribution in [3.05, 3.63) is 44.9 Å². The fourth-order valence-corrected chi connectivity index (χ4v) is 4.49. The topological polar surface area (TPSA) is 91.2 Å². The van der Waals surface area contributed by atoms with Gasteiger partial charge in [-0.3, -0.25) is 9.59 Å². The zero-order valence-corrected chi connectivity index (χ0v) is 17.1. The second-order valence-electron chi connectivity index (χ2n) is 6.44. The van der Waals surface area contributed by atoms with Gasteiger partial charge in [0.05, 0.1) is 28.5 Å². The maximum Gasteiger partial charge on any atom is 0.230 e. The fraction of sp³-hybridized carbons (Fsp3) is 0.421. The summed E-state index contributed by atoms with van der Waals surface area (Å²) < 4.78 is 6.38. The average molecular weight is 450 g/mol. The van der Waals surface area contributed by atoms with Crippen LogP contribution in [0.25, 0.3) is 0 Å². The Morgan fingerprint density at radius 2 is 2.33 bits per heavy atom. The first-order chi connectivity index (χ1) is 13.1. The lowest BCUT2D eigenvalue weighted by Crippen LogP contribution is -2.34. The van der Waals surface area contributed by atoms with E-state index in [-0.39, 0.29) is 36.0 Å². The number of ether oxygens (including phenoxy) is 1. The van der Waals surface area contributed by atoms with Gasteiger partial charge in [0.2, 0.25) is 11.8 Å². The Balaban J connectivity index is 1.67. The average Bonchev–Trinajstić information content (AvgIpc) is 3.18. The van der Waals surface area contributed by atoms with E-state index in [0.29, 0.717) is 17.1 Å². The maximum atomic E-state index is 12.2. The second-order valence-corrected chi connectivity index (χ2v) is 8.34. The minimum Gasteiger partial charge on any atom is -0.376 e. The summed E-state index contributed by atoms with van der Waals surface area (Å²) in [4.78, 5) is 24.3. The van der Waals surface area contributed by atoms with E-state index >= 15 is 0 Å². The third-order valence-electron chi connectivity index (χ3n) is 4.51. The van der Waals surface area contributed by atoms with Crippen LogP contribution in [-0.2, 0) is 14.3 Å². The summed E-state index contributed by atoms with van der Waals surface area (Å²) >= 11 is 4.62. The Morgan fingerprint density at radius 3 is 3.04 bits per heavy atom. The van der Waals surface area contributed by atoms with E-state index in [4.69, 9.17) is 4.74 Å². The standard InChI is InChI=1S/C19H20BrN3O3S/c20-13-4-1-3-12(7-13)15-8-17(24)23-19(16(15)9-21)27-11-18(25)22-10-14-5-2-6-26-14/h1,3-4,7,14-15H,2,5-6,8,10-11H2,(H,22,25)(H,23,24)/t14-,15+/m1/s1. The lowest BCUT2D eigenvalue weighted by Gasteiger charge is -2.25. The number of nitriles is 1. The van der Waals surface area contributed by atoms with Crippen LogP contribution in [0.1, 0.15) is 30.7 Å². The van der Waals surface area contributed by atoms with Gasteiger partial charge >= 0.3 is 0 Å². The molecule has 3 rings (SSSR count). The number of amides is 2. The van der Waals surface area contributed by atoms with Crippen molar-refractivity contribution < 1.29 is 14.3 Å². The zero-order chi connectivity index (χ0) is 19.2. The smallest absolute Gasteiger partial charge is 0.230 e. The van der Waals surface area contributed by atoms with Crippen molar-refractivity contribution in [1.29, 1.82) is 5.26 Å². The van der Waals surface area contributed by atoms with E-state index < -0.39 is 0 Å². The van der Waals surface area contributed by atoms with Crippen LogP contribution in [0.2, 0.25) is 0 Å². The molecule has 2 heterocycles. The Morgan fingerprint density at radius 1 is 1.48 bits per heavy atom. The molecular formula is C19H20BrN3O3S. The fourth-order valence-electron chi connectivity index (χ4n) is 3.16. The predicted molar refractivity (Wildman–Crippen MR) is 107 cm³/mol. The van der Waals surface area contributed by atoms with Gasteiger partial charge in [-0.15, -0.1) is 0 Å². The van der Waals surface area contributed by atoms with Crippen LogP contribution in [0, 0.1) is 11.3 Å². The van der Waals surface area contributed by atoms with Crippen molar-refractivity contribution in [1.82, 2.24) is 10.6 Å². The van der Waals surface area contributed by atoms with Crippen LogP contribution in [0.3, 0.4) is 0 Å². The Bertz CT molecular complexity index is 800. The first-order valence-electron chi connectivity index (χ1n) is 8.77. The SMILES string of the molecule is N#CC1=C(SCC(=O)NC[C@H]2CCCO2)NC(=O)C[C@H]1c1cccc(Br)c1. The molecular weight excluding hydrogens is 430 g/mol. The van der Waals surface area contributed by atoms with Gasteiger partial charge in [0.15, 0.2) is 0 Å². The molecule has 27 heavy (non-hydrogen) atoms. The van der Waals surface area contributed by atoms with Crippen LogP contribution in [0.15, 0.2) is 39.3 Å². The summed E-state index contributed by atoms with van der Waals surface area (Å²) in [5, 5.41) is 15.7. The Kier molecular flexibility index (Phi) is 6.94. The highest BCUT2D eigenvalue weighted by Gasteiger charge is 2.30. The molecule has 0 spiro atoms. The number of nitrogens with zero attached hydrogens (tertiary/aromatic N) is 1. The molecule has 2 atom stereocenters. The largest absolute Gasteiger partial charge is 0.376 e. The summed E-state index contributed by atoms with van der Waals surface area (Å²) in [5.74, 6) is -0.460. The molecule has 2 N–H and O–H groups in total. The molecule has 0 bridgehead atoms.